The molecule has 118 valence electrons. The first-order chi connectivity index (χ1) is 10.3. The second kappa shape index (κ2) is 6.14. The van der Waals surface area contributed by atoms with Gasteiger partial charge >= 0.3 is 5.97 Å². The molecule has 0 aliphatic heterocycles. The van der Waals surface area contributed by atoms with Crippen molar-refractivity contribution < 1.29 is 27.6 Å². The van der Waals surface area contributed by atoms with Crippen LogP contribution in [0.15, 0.2) is 16.7 Å². The minimum atomic E-state index is -1.58. The van der Waals surface area contributed by atoms with Crippen LogP contribution in [0.3, 0.4) is 0 Å². The summed E-state index contributed by atoms with van der Waals surface area (Å²) in [5.41, 5.74) is -0.0830. The van der Waals surface area contributed by atoms with E-state index < -0.39 is 29.5 Å². The van der Waals surface area contributed by atoms with E-state index in [4.69, 9.17) is 9.63 Å². The van der Waals surface area contributed by atoms with Crippen molar-refractivity contribution in [3.63, 3.8) is 0 Å². The Hall–Kier alpha value is -2.42. The molecule has 0 radical (unpaired) electrons. The number of halogens is 3. The van der Waals surface area contributed by atoms with Crippen molar-refractivity contribution in [2.75, 3.05) is 7.05 Å². The summed E-state index contributed by atoms with van der Waals surface area (Å²) < 4.78 is 44.1. The third-order valence-electron chi connectivity index (χ3n) is 3.11. The average Bonchev–Trinajstić information content (AvgIpc) is 2.91. The lowest BCUT2D eigenvalue weighted by atomic mass is 10.2. The highest BCUT2D eigenvalue weighted by atomic mass is 19.2. The molecule has 0 aliphatic carbocycles. The topological polar surface area (TPSA) is 79.5 Å². The van der Waals surface area contributed by atoms with Gasteiger partial charge < -0.3 is 9.63 Å². The van der Waals surface area contributed by atoms with Gasteiger partial charge in [-0.2, -0.15) is 4.98 Å². The van der Waals surface area contributed by atoms with Gasteiger partial charge in [0.15, 0.2) is 17.5 Å². The standard InChI is InChI=1S/C13H12F3N3O3/c1-6(13(20)21)19(2)5-10-17-12(18-22-10)7-3-8(14)11(16)9(15)4-7/h3-4,6H,5H2,1-2H3,(H,20,21). The predicted octanol–water partition coefficient (Wildman–Crippen LogP) is 2.06. The van der Waals surface area contributed by atoms with Crippen molar-refractivity contribution in [2.45, 2.75) is 19.5 Å². The van der Waals surface area contributed by atoms with Gasteiger partial charge in [0, 0.05) is 5.56 Å². The zero-order valence-electron chi connectivity index (χ0n) is 11.7. The molecule has 0 aliphatic rings. The van der Waals surface area contributed by atoms with Gasteiger partial charge in [0.05, 0.1) is 6.54 Å². The van der Waals surface area contributed by atoms with Crippen LogP contribution in [0.4, 0.5) is 13.2 Å². The summed E-state index contributed by atoms with van der Waals surface area (Å²) in [6.45, 7) is 1.51. The Balaban J connectivity index is 2.20. The number of carbonyl (C=O) groups is 1. The molecule has 9 heteroatoms. The molecule has 22 heavy (non-hydrogen) atoms. The van der Waals surface area contributed by atoms with E-state index in [1.165, 1.54) is 11.8 Å². The van der Waals surface area contributed by atoms with Gasteiger partial charge in [0.1, 0.15) is 6.04 Å². The third kappa shape index (κ3) is 3.25. The fourth-order valence-electron chi connectivity index (χ4n) is 1.66. The first-order valence-corrected chi connectivity index (χ1v) is 6.20. The molecule has 0 spiro atoms. The van der Waals surface area contributed by atoms with E-state index in [0.717, 1.165) is 12.1 Å². The van der Waals surface area contributed by atoms with E-state index in [-0.39, 0.29) is 23.8 Å². The summed E-state index contributed by atoms with van der Waals surface area (Å²) in [5.74, 6) is -5.39. The summed E-state index contributed by atoms with van der Waals surface area (Å²) in [6, 6.07) is 0.712. The number of nitrogens with zero attached hydrogens (tertiary/aromatic N) is 3. The molecule has 6 nitrogen and oxygen atoms in total. The van der Waals surface area contributed by atoms with Gasteiger partial charge in [-0.1, -0.05) is 5.16 Å². The zero-order valence-corrected chi connectivity index (χ0v) is 11.7. The molecule has 1 unspecified atom stereocenters. The maximum Gasteiger partial charge on any atom is 0.320 e. The highest BCUT2D eigenvalue weighted by Gasteiger charge is 2.20. The summed E-state index contributed by atoms with van der Waals surface area (Å²) in [6.07, 6.45) is 0. The number of likely N-dealkylation sites (N-methyl/N-ethyl adjacent to an activating group) is 1. The van der Waals surface area contributed by atoms with Crippen LogP contribution in [0.5, 0.6) is 0 Å². The molecule has 0 amide bonds. The molecule has 1 aromatic carbocycles. The third-order valence-corrected chi connectivity index (χ3v) is 3.11. The van der Waals surface area contributed by atoms with Crippen LogP contribution in [0, 0.1) is 17.5 Å². The first-order valence-electron chi connectivity index (χ1n) is 6.20. The Bertz CT molecular complexity index is 682. The lowest BCUT2D eigenvalue weighted by molar-refractivity contribution is -0.142. The number of carboxylic acid groups (broad SMARTS) is 1. The van der Waals surface area contributed by atoms with Crippen molar-refractivity contribution >= 4 is 5.97 Å². The molecule has 0 bridgehead atoms. The van der Waals surface area contributed by atoms with Crippen LogP contribution in [-0.2, 0) is 11.3 Å². The Morgan fingerprint density at radius 1 is 1.36 bits per heavy atom. The van der Waals surface area contributed by atoms with Gasteiger partial charge in [0.25, 0.3) is 0 Å². The highest BCUT2D eigenvalue weighted by molar-refractivity contribution is 5.72. The number of aromatic nitrogens is 2. The van der Waals surface area contributed by atoms with E-state index in [2.05, 4.69) is 10.1 Å². The van der Waals surface area contributed by atoms with Gasteiger partial charge in [0.2, 0.25) is 11.7 Å². The molecule has 1 heterocycles. The normalized spacial score (nSPS) is 12.6. The minimum Gasteiger partial charge on any atom is -0.480 e. The second-order valence-corrected chi connectivity index (χ2v) is 4.69. The fraction of sp³-hybridized carbons (Fsp3) is 0.308. The molecule has 0 fully saturated rings. The van der Waals surface area contributed by atoms with Crippen LogP contribution >= 0.6 is 0 Å². The molecule has 0 saturated carbocycles. The lowest BCUT2D eigenvalue weighted by Gasteiger charge is -2.18. The molecular weight excluding hydrogens is 303 g/mol. The zero-order chi connectivity index (χ0) is 16.4. The van der Waals surface area contributed by atoms with Gasteiger partial charge in [-0.25, -0.2) is 13.2 Å². The van der Waals surface area contributed by atoms with E-state index in [1.54, 1.807) is 7.05 Å². The van der Waals surface area contributed by atoms with Crippen LogP contribution in [0.2, 0.25) is 0 Å². The second-order valence-electron chi connectivity index (χ2n) is 4.69. The quantitative estimate of drug-likeness (QED) is 0.851. The van der Waals surface area contributed by atoms with E-state index >= 15 is 0 Å². The molecular formula is C13H12F3N3O3. The summed E-state index contributed by atoms with van der Waals surface area (Å²) in [5, 5.41) is 12.4. The first kappa shape index (κ1) is 16.0. The SMILES string of the molecule is CC(C(=O)O)N(C)Cc1nc(-c2cc(F)c(F)c(F)c2)no1. The maximum absolute atomic E-state index is 13.2. The maximum atomic E-state index is 13.2. The Kier molecular flexibility index (Phi) is 4.45. The molecule has 1 N–H and O–H groups in total. The molecule has 1 aromatic heterocycles. The monoisotopic (exact) mass is 315 g/mol. The van der Waals surface area contributed by atoms with E-state index in [9.17, 15) is 18.0 Å². The van der Waals surface area contributed by atoms with Crippen molar-refractivity contribution in [1.29, 1.82) is 0 Å². The molecule has 0 saturated heterocycles. The smallest absolute Gasteiger partial charge is 0.320 e. The van der Waals surface area contributed by atoms with Crippen molar-refractivity contribution in [1.82, 2.24) is 15.0 Å². The number of carboxylic acids is 1. The summed E-state index contributed by atoms with van der Waals surface area (Å²) in [4.78, 5) is 16.2. The van der Waals surface area contributed by atoms with Gasteiger partial charge in [-0.05, 0) is 26.1 Å². The fourth-order valence-corrected chi connectivity index (χ4v) is 1.66. The Morgan fingerprint density at radius 3 is 2.50 bits per heavy atom. The number of rotatable bonds is 5. The molecule has 1 atom stereocenters. The molecule has 2 rings (SSSR count). The van der Waals surface area contributed by atoms with Gasteiger partial charge in [-0.15, -0.1) is 0 Å². The van der Waals surface area contributed by atoms with Gasteiger partial charge in [-0.3, -0.25) is 9.69 Å². The number of hydrogen-bond donors (Lipinski definition) is 1. The number of benzene rings is 1. The van der Waals surface area contributed by atoms with Crippen LogP contribution < -0.4 is 0 Å². The predicted molar refractivity (Wildman–Crippen MR) is 68.2 cm³/mol. The summed E-state index contributed by atoms with van der Waals surface area (Å²) in [7, 11) is 1.54. The van der Waals surface area contributed by atoms with Crippen molar-refractivity contribution in [3.05, 3.63) is 35.5 Å². The number of aliphatic carboxylic acids is 1. The minimum absolute atomic E-state index is 0.0344. The van der Waals surface area contributed by atoms with E-state index in [1.807, 2.05) is 0 Å². The Morgan fingerprint density at radius 2 is 1.95 bits per heavy atom. The van der Waals surface area contributed by atoms with Crippen LogP contribution in [-0.4, -0.2) is 39.2 Å². The van der Waals surface area contributed by atoms with Crippen molar-refractivity contribution in [3.8, 4) is 11.4 Å². The molecule has 2 aromatic rings. The van der Waals surface area contributed by atoms with E-state index in [0.29, 0.717) is 0 Å². The number of hydrogen-bond acceptors (Lipinski definition) is 5. The lowest BCUT2D eigenvalue weighted by Crippen LogP contribution is -2.35. The summed E-state index contributed by atoms with van der Waals surface area (Å²) >= 11 is 0. The van der Waals surface area contributed by atoms with Crippen LogP contribution in [0.1, 0.15) is 12.8 Å². The average molecular weight is 315 g/mol. The largest absolute Gasteiger partial charge is 0.480 e. The van der Waals surface area contributed by atoms with Crippen LogP contribution in [0.25, 0.3) is 11.4 Å². The highest BCUT2D eigenvalue weighted by Crippen LogP contribution is 2.21. The Labute approximate surface area is 123 Å². The van der Waals surface area contributed by atoms with Crippen molar-refractivity contribution in [2.24, 2.45) is 0 Å².